The summed E-state index contributed by atoms with van der Waals surface area (Å²) in [6.45, 7) is 13.0. The average molecular weight is 529 g/mol. The van der Waals surface area contributed by atoms with Crippen LogP contribution >= 0.6 is 24.0 Å². The van der Waals surface area contributed by atoms with Gasteiger partial charge in [-0.2, -0.15) is 0 Å². The van der Waals surface area contributed by atoms with Crippen molar-refractivity contribution in [2.45, 2.75) is 32.2 Å². The number of guanidine groups is 1. The number of aliphatic imine (C=N–C) groups is 1. The van der Waals surface area contributed by atoms with Gasteiger partial charge in [-0.1, -0.05) is 30.3 Å². The quantitative estimate of drug-likeness (QED) is 0.309. The van der Waals surface area contributed by atoms with Crippen molar-refractivity contribution in [3.05, 3.63) is 35.9 Å². The molecule has 2 aliphatic rings. The van der Waals surface area contributed by atoms with Gasteiger partial charge in [0.05, 0.1) is 12.6 Å². The topological polar surface area (TPSA) is 46.1 Å². The highest BCUT2D eigenvalue weighted by Crippen LogP contribution is 2.25. The highest BCUT2D eigenvalue weighted by molar-refractivity contribution is 14.0. The van der Waals surface area contributed by atoms with Gasteiger partial charge < -0.3 is 20.4 Å². The lowest BCUT2D eigenvalue weighted by atomic mass is 10.1. The Hall–Kier alpha value is -0.900. The van der Waals surface area contributed by atoms with E-state index < -0.39 is 0 Å². The first kappa shape index (κ1) is 25.4. The van der Waals surface area contributed by atoms with Gasteiger partial charge in [-0.15, -0.1) is 24.0 Å². The van der Waals surface area contributed by atoms with Crippen molar-refractivity contribution in [1.82, 2.24) is 25.3 Å². The first-order valence-corrected chi connectivity index (χ1v) is 11.5. The van der Waals surface area contributed by atoms with Crippen LogP contribution in [0.25, 0.3) is 0 Å². The van der Waals surface area contributed by atoms with E-state index in [9.17, 15) is 0 Å². The summed E-state index contributed by atoms with van der Waals surface area (Å²) in [5.74, 6) is 0.944. The Labute approximate surface area is 200 Å². The summed E-state index contributed by atoms with van der Waals surface area (Å²) >= 11 is 0. The number of likely N-dealkylation sites (N-methyl/N-ethyl adjacent to an activating group) is 1. The monoisotopic (exact) mass is 528 g/mol. The van der Waals surface area contributed by atoms with Crippen LogP contribution in [0.5, 0.6) is 0 Å². The summed E-state index contributed by atoms with van der Waals surface area (Å²) in [5, 5.41) is 6.99. The maximum absolute atomic E-state index is 4.97. The Bertz CT molecular complexity index is 605. The van der Waals surface area contributed by atoms with Gasteiger partial charge >= 0.3 is 0 Å². The van der Waals surface area contributed by atoms with Crippen LogP contribution in [0.15, 0.2) is 35.3 Å². The van der Waals surface area contributed by atoms with Crippen molar-refractivity contribution < 1.29 is 0 Å². The van der Waals surface area contributed by atoms with Crippen LogP contribution < -0.4 is 10.6 Å². The number of hydrogen-bond acceptors (Lipinski definition) is 4. The summed E-state index contributed by atoms with van der Waals surface area (Å²) in [6, 6.07) is 11.2. The molecule has 2 heterocycles. The molecule has 0 saturated carbocycles. The minimum absolute atomic E-state index is 0. The lowest BCUT2D eigenvalue weighted by Crippen LogP contribution is -2.42. The van der Waals surface area contributed by atoms with E-state index in [1.54, 1.807) is 0 Å². The number of nitrogens with zero attached hydrogens (tertiary/aromatic N) is 4. The van der Waals surface area contributed by atoms with Crippen LogP contribution in [0, 0.1) is 0 Å². The molecule has 1 aromatic carbocycles. The van der Waals surface area contributed by atoms with Gasteiger partial charge in [-0.05, 0) is 65.0 Å². The van der Waals surface area contributed by atoms with Gasteiger partial charge in [0.15, 0.2) is 5.96 Å². The standard InChI is InChI=1S/C23H40N6.HI/c1-3-24-23(25-12-17-28-14-9-13-27(2)18-19-28)26-20-22(29-15-7-8-16-29)21-10-5-4-6-11-21;/h4-6,10-11,22H,3,7-9,12-20H2,1-2H3,(H2,24,25,26);1H. The maximum atomic E-state index is 4.97. The van der Waals surface area contributed by atoms with E-state index >= 15 is 0 Å². The molecule has 7 heteroatoms. The largest absolute Gasteiger partial charge is 0.357 e. The number of likely N-dealkylation sites (tertiary alicyclic amines) is 1. The first-order chi connectivity index (χ1) is 14.3. The Morgan fingerprint density at radius 3 is 2.47 bits per heavy atom. The fourth-order valence-corrected chi connectivity index (χ4v) is 4.34. The third kappa shape index (κ3) is 8.32. The maximum Gasteiger partial charge on any atom is 0.191 e. The normalized spacial score (nSPS) is 20.4. The molecular weight excluding hydrogens is 487 g/mol. The van der Waals surface area contributed by atoms with Crippen molar-refractivity contribution >= 4 is 29.9 Å². The van der Waals surface area contributed by atoms with Gasteiger partial charge in [0.1, 0.15) is 0 Å². The molecular formula is C23H41IN6. The van der Waals surface area contributed by atoms with Crippen molar-refractivity contribution in [3.63, 3.8) is 0 Å². The smallest absolute Gasteiger partial charge is 0.191 e. The first-order valence-electron chi connectivity index (χ1n) is 11.5. The third-order valence-corrected chi connectivity index (χ3v) is 6.06. The Balaban J connectivity index is 0.00000320. The Morgan fingerprint density at radius 1 is 0.967 bits per heavy atom. The van der Waals surface area contributed by atoms with Gasteiger partial charge in [0.25, 0.3) is 0 Å². The van der Waals surface area contributed by atoms with Crippen molar-refractivity contribution in [2.24, 2.45) is 4.99 Å². The molecule has 2 fully saturated rings. The van der Waals surface area contributed by atoms with Gasteiger partial charge in [0.2, 0.25) is 0 Å². The summed E-state index contributed by atoms with van der Waals surface area (Å²) < 4.78 is 0. The van der Waals surface area contributed by atoms with E-state index in [-0.39, 0.29) is 24.0 Å². The molecule has 0 aliphatic carbocycles. The molecule has 1 unspecified atom stereocenters. The van der Waals surface area contributed by atoms with E-state index in [1.165, 1.54) is 57.5 Å². The second kappa shape index (κ2) is 14.2. The molecule has 0 aromatic heterocycles. The van der Waals surface area contributed by atoms with Crippen molar-refractivity contribution in [3.8, 4) is 0 Å². The predicted molar refractivity (Wildman–Crippen MR) is 138 cm³/mol. The molecule has 1 atom stereocenters. The third-order valence-electron chi connectivity index (χ3n) is 6.06. The SMILES string of the molecule is CCNC(=NCC(c1ccccc1)N1CCCC1)NCCN1CCCN(C)CC1.I. The van der Waals surface area contributed by atoms with E-state index in [2.05, 4.69) is 69.6 Å². The molecule has 0 bridgehead atoms. The lowest BCUT2D eigenvalue weighted by Gasteiger charge is -2.27. The van der Waals surface area contributed by atoms with Crippen LogP contribution in [0.4, 0.5) is 0 Å². The summed E-state index contributed by atoms with van der Waals surface area (Å²) in [5.41, 5.74) is 1.38. The Kier molecular flexibility index (Phi) is 12.0. The van der Waals surface area contributed by atoms with Crippen LogP contribution in [-0.4, -0.2) is 93.2 Å². The highest BCUT2D eigenvalue weighted by atomic mass is 127. The molecule has 0 spiro atoms. The molecule has 1 aromatic rings. The Morgan fingerprint density at radius 2 is 1.73 bits per heavy atom. The van der Waals surface area contributed by atoms with Crippen LogP contribution in [0.3, 0.4) is 0 Å². The summed E-state index contributed by atoms with van der Waals surface area (Å²) in [6.07, 6.45) is 3.87. The minimum Gasteiger partial charge on any atom is -0.357 e. The second-order valence-corrected chi connectivity index (χ2v) is 8.31. The molecule has 170 valence electrons. The second-order valence-electron chi connectivity index (χ2n) is 8.31. The number of rotatable bonds is 8. The van der Waals surface area contributed by atoms with Crippen LogP contribution in [0.1, 0.15) is 37.8 Å². The van der Waals surface area contributed by atoms with Gasteiger partial charge in [-0.25, -0.2) is 0 Å². The van der Waals surface area contributed by atoms with Crippen molar-refractivity contribution in [1.29, 1.82) is 0 Å². The molecule has 0 radical (unpaired) electrons. The fraction of sp³-hybridized carbons (Fsp3) is 0.696. The summed E-state index contributed by atoms with van der Waals surface area (Å²) in [7, 11) is 2.22. The minimum atomic E-state index is 0. The van der Waals surface area contributed by atoms with Crippen LogP contribution in [0.2, 0.25) is 0 Å². The van der Waals surface area contributed by atoms with E-state index in [0.29, 0.717) is 6.04 Å². The molecule has 2 aliphatic heterocycles. The fourth-order valence-electron chi connectivity index (χ4n) is 4.34. The zero-order chi connectivity index (χ0) is 20.3. The molecule has 6 nitrogen and oxygen atoms in total. The average Bonchev–Trinajstić information content (AvgIpc) is 3.19. The van der Waals surface area contributed by atoms with E-state index in [4.69, 9.17) is 4.99 Å². The van der Waals surface area contributed by atoms with Crippen LogP contribution in [-0.2, 0) is 0 Å². The number of benzene rings is 1. The number of halogens is 1. The molecule has 2 N–H and O–H groups in total. The van der Waals surface area contributed by atoms with Gasteiger partial charge in [0, 0.05) is 32.7 Å². The zero-order valence-electron chi connectivity index (χ0n) is 18.9. The molecule has 0 amide bonds. The lowest BCUT2D eigenvalue weighted by molar-refractivity contribution is 0.251. The summed E-state index contributed by atoms with van der Waals surface area (Å²) in [4.78, 5) is 12.6. The highest BCUT2D eigenvalue weighted by Gasteiger charge is 2.23. The van der Waals surface area contributed by atoms with Crippen molar-refractivity contribution in [2.75, 3.05) is 72.5 Å². The van der Waals surface area contributed by atoms with E-state index in [0.717, 1.165) is 38.7 Å². The molecule has 2 saturated heterocycles. The predicted octanol–water partition coefficient (Wildman–Crippen LogP) is 2.63. The zero-order valence-corrected chi connectivity index (χ0v) is 21.2. The molecule has 30 heavy (non-hydrogen) atoms. The number of nitrogens with one attached hydrogen (secondary N) is 2. The number of hydrogen-bond donors (Lipinski definition) is 2. The van der Waals surface area contributed by atoms with Gasteiger partial charge in [-0.3, -0.25) is 9.89 Å². The molecule has 3 rings (SSSR count). The van der Waals surface area contributed by atoms with E-state index in [1.807, 2.05) is 0 Å².